The van der Waals surface area contributed by atoms with Gasteiger partial charge in [0, 0.05) is 16.6 Å². The molecular weight excluding hydrogens is 288 g/mol. The van der Waals surface area contributed by atoms with E-state index in [0.717, 1.165) is 16.3 Å². The van der Waals surface area contributed by atoms with E-state index in [1.54, 1.807) is 17.5 Å². The molecule has 0 saturated heterocycles. The number of carbonyl (C=O) groups is 2. The number of thiazole rings is 1. The van der Waals surface area contributed by atoms with Gasteiger partial charge in [-0.25, -0.2) is 9.78 Å². The molecule has 2 rings (SSSR count). The SMILES string of the molecule is CC[C@H](NC(=O)c1ccc(C(=O)O)cc1)c1ncc(C)s1. The predicted molar refractivity (Wildman–Crippen MR) is 80.8 cm³/mol. The van der Waals surface area contributed by atoms with Gasteiger partial charge in [-0.15, -0.1) is 11.3 Å². The molecule has 0 spiro atoms. The van der Waals surface area contributed by atoms with Crippen molar-refractivity contribution < 1.29 is 14.7 Å². The minimum atomic E-state index is -1.01. The Hall–Kier alpha value is -2.21. The zero-order chi connectivity index (χ0) is 15.4. The van der Waals surface area contributed by atoms with E-state index in [4.69, 9.17) is 5.11 Å². The van der Waals surface area contributed by atoms with Crippen molar-refractivity contribution in [3.8, 4) is 0 Å². The van der Waals surface area contributed by atoms with E-state index in [9.17, 15) is 9.59 Å². The fourth-order valence-corrected chi connectivity index (χ4v) is 2.79. The molecule has 1 amide bonds. The second-order valence-electron chi connectivity index (χ2n) is 4.63. The molecule has 0 bridgehead atoms. The molecule has 110 valence electrons. The summed E-state index contributed by atoms with van der Waals surface area (Å²) in [6.45, 7) is 3.95. The minimum absolute atomic E-state index is 0.129. The number of amides is 1. The van der Waals surface area contributed by atoms with Crippen molar-refractivity contribution in [2.24, 2.45) is 0 Å². The molecule has 0 fully saturated rings. The Bertz CT molecular complexity index is 649. The number of carboxylic acids is 1. The summed E-state index contributed by atoms with van der Waals surface area (Å²) in [4.78, 5) is 28.4. The maximum absolute atomic E-state index is 12.2. The third-order valence-corrected chi connectivity index (χ3v) is 4.07. The highest BCUT2D eigenvalue weighted by Crippen LogP contribution is 2.22. The van der Waals surface area contributed by atoms with E-state index in [0.29, 0.717) is 5.56 Å². The zero-order valence-corrected chi connectivity index (χ0v) is 12.6. The second kappa shape index (κ2) is 6.49. The van der Waals surface area contributed by atoms with Crippen LogP contribution in [0.1, 0.15) is 50.0 Å². The molecule has 0 radical (unpaired) electrons. The Labute approximate surface area is 126 Å². The van der Waals surface area contributed by atoms with Crippen molar-refractivity contribution in [1.29, 1.82) is 0 Å². The van der Waals surface area contributed by atoms with Crippen LogP contribution in [-0.2, 0) is 0 Å². The molecule has 0 aliphatic heterocycles. The first-order valence-electron chi connectivity index (χ1n) is 6.57. The van der Waals surface area contributed by atoms with E-state index in [1.165, 1.54) is 24.3 Å². The van der Waals surface area contributed by atoms with Crippen LogP contribution in [0.4, 0.5) is 0 Å². The van der Waals surface area contributed by atoms with Gasteiger partial charge < -0.3 is 10.4 Å². The van der Waals surface area contributed by atoms with Gasteiger partial charge in [-0.05, 0) is 37.6 Å². The predicted octanol–water partition coefficient (Wildman–Crippen LogP) is 3.03. The number of aromatic carboxylic acids is 1. The van der Waals surface area contributed by atoms with Crippen molar-refractivity contribution in [2.75, 3.05) is 0 Å². The molecule has 21 heavy (non-hydrogen) atoms. The average molecular weight is 304 g/mol. The number of nitrogens with one attached hydrogen (secondary N) is 1. The van der Waals surface area contributed by atoms with Crippen LogP contribution >= 0.6 is 11.3 Å². The molecule has 6 heteroatoms. The van der Waals surface area contributed by atoms with E-state index in [1.807, 2.05) is 13.8 Å². The standard InChI is InChI=1S/C15H16N2O3S/c1-3-12(14-16-8-9(2)21-14)17-13(18)10-4-6-11(7-5-10)15(19)20/h4-8,12H,3H2,1-2H3,(H,17,18)(H,19,20)/t12-/m0/s1. The van der Waals surface area contributed by atoms with Gasteiger partial charge in [-0.2, -0.15) is 0 Å². The van der Waals surface area contributed by atoms with Crippen LogP contribution in [0, 0.1) is 6.92 Å². The van der Waals surface area contributed by atoms with Crippen LogP contribution < -0.4 is 5.32 Å². The second-order valence-corrected chi connectivity index (χ2v) is 5.89. The lowest BCUT2D eigenvalue weighted by Crippen LogP contribution is -2.28. The van der Waals surface area contributed by atoms with Gasteiger partial charge in [-0.3, -0.25) is 4.79 Å². The van der Waals surface area contributed by atoms with E-state index in [-0.39, 0.29) is 17.5 Å². The lowest BCUT2D eigenvalue weighted by Gasteiger charge is -2.14. The number of carboxylic acid groups (broad SMARTS) is 1. The minimum Gasteiger partial charge on any atom is -0.478 e. The lowest BCUT2D eigenvalue weighted by molar-refractivity contribution is 0.0696. The van der Waals surface area contributed by atoms with Gasteiger partial charge in [0.2, 0.25) is 0 Å². The topological polar surface area (TPSA) is 79.3 Å². The van der Waals surface area contributed by atoms with Crippen LogP contribution in [0.25, 0.3) is 0 Å². The van der Waals surface area contributed by atoms with E-state index >= 15 is 0 Å². The number of aryl methyl sites for hydroxylation is 1. The molecular formula is C15H16N2O3S. The fraction of sp³-hybridized carbons (Fsp3) is 0.267. The maximum Gasteiger partial charge on any atom is 0.335 e. The van der Waals surface area contributed by atoms with Crippen molar-refractivity contribution >= 4 is 23.2 Å². The van der Waals surface area contributed by atoms with Gasteiger partial charge >= 0.3 is 5.97 Å². The summed E-state index contributed by atoms with van der Waals surface area (Å²) < 4.78 is 0. The molecule has 1 heterocycles. The van der Waals surface area contributed by atoms with Gasteiger partial charge in [0.25, 0.3) is 5.91 Å². The van der Waals surface area contributed by atoms with Crippen molar-refractivity contribution in [1.82, 2.24) is 10.3 Å². The zero-order valence-electron chi connectivity index (χ0n) is 11.8. The molecule has 1 aromatic carbocycles. The monoisotopic (exact) mass is 304 g/mol. The molecule has 0 unspecified atom stereocenters. The maximum atomic E-state index is 12.2. The molecule has 1 atom stereocenters. The third kappa shape index (κ3) is 3.66. The Morgan fingerprint density at radius 2 is 1.90 bits per heavy atom. The first-order valence-corrected chi connectivity index (χ1v) is 7.39. The number of nitrogens with zero attached hydrogens (tertiary/aromatic N) is 1. The highest BCUT2D eigenvalue weighted by Gasteiger charge is 2.17. The van der Waals surface area contributed by atoms with Gasteiger partial charge in [-0.1, -0.05) is 6.92 Å². The highest BCUT2D eigenvalue weighted by atomic mass is 32.1. The highest BCUT2D eigenvalue weighted by molar-refractivity contribution is 7.11. The smallest absolute Gasteiger partial charge is 0.335 e. The first kappa shape index (κ1) is 15.2. The third-order valence-electron chi connectivity index (χ3n) is 3.04. The summed E-state index contributed by atoms with van der Waals surface area (Å²) in [6, 6.07) is 5.74. The number of carbonyl (C=O) groups excluding carboxylic acids is 1. The number of aromatic nitrogens is 1. The van der Waals surface area contributed by atoms with Gasteiger partial charge in [0.15, 0.2) is 0 Å². The quantitative estimate of drug-likeness (QED) is 0.890. The summed E-state index contributed by atoms with van der Waals surface area (Å²) in [5.74, 6) is -1.24. The van der Waals surface area contributed by atoms with E-state index < -0.39 is 5.97 Å². The Morgan fingerprint density at radius 1 is 1.29 bits per heavy atom. The molecule has 5 nitrogen and oxygen atoms in total. The van der Waals surface area contributed by atoms with Crippen LogP contribution in [0.2, 0.25) is 0 Å². The molecule has 0 saturated carbocycles. The Morgan fingerprint density at radius 3 is 2.38 bits per heavy atom. The van der Waals surface area contributed by atoms with Crippen molar-refractivity contribution in [3.05, 3.63) is 51.5 Å². The van der Waals surface area contributed by atoms with Gasteiger partial charge in [0.1, 0.15) is 5.01 Å². The van der Waals surface area contributed by atoms with Crippen molar-refractivity contribution in [3.63, 3.8) is 0 Å². The Balaban J connectivity index is 2.10. The first-order chi connectivity index (χ1) is 10.0. The fourth-order valence-electron chi connectivity index (χ4n) is 1.88. The molecule has 0 aliphatic carbocycles. The summed E-state index contributed by atoms with van der Waals surface area (Å²) in [7, 11) is 0. The summed E-state index contributed by atoms with van der Waals surface area (Å²) in [5.41, 5.74) is 0.598. The van der Waals surface area contributed by atoms with Crippen molar-refractivity contribution in [2.45, 2.75) is 26.3 Å². The van der Waals surface area contributed by atoms with Crippen LogP contribution in [0.15, 0.2) is 30.5 Å². The van der Waals surface area contributed by atoms with Crippen LogP contribution in [0.3, 0.4) is 0 Å². The lowest BCUT2D eigenvalue weighted by atomic mass is 10.1. The number of benzene rings is 1. The number of hydrogen-bond acceptors (Lipinski definition) is 4. The average Bonchev–Trinajstić information content (AvgIpc) is 2.91. The Kier molecular flexibility index (Phi) is 4.70. The summed E-state index contributed by atoms with van der Waals surface area (Å²) in [5, 5.41) is 12.6. The largest absolute Gasteiger partial charge is 0.478 e. The van der Waals surface area contributed by atoms with Crippen LogP contribution in [0.5, 0.6) is 0 Å². The van der Waals surface area contributed by atoms with E-state index in [2.05, 4.69) is 10.3 Å². The number of rotatable bonds is 5. The number of hydrogen-bond donors (Lipinski definition) is 2. The van der Waals surface area contributed by atoms with Gasteiger partial charge in [0.05, 0.1) is 11.6 Å². The van der Waals surface area contributed by atoms with Crippen LogP contribution in [-0.4, -0.2) is 22.0 Å². The molecule has 1 aromatic heterocycles. The molecule has 2 N–H and O–H groups in total. The molecule has 0 aliphatic rings. The summed E-state index contributed by atoms with van der Waals surface area (Å²) >= 11 is 1.56. The summed E-state index contributed by atoms with van der Waals surface area (Å²) in [6.07, 6.45) is 2.53. The molecule has 2 aromatic rings. The normalized spacial score (nSPS) is 11.9.